The van der Waals surface area contributed by atoms with Crippen LogP contribution in [0.1, 0.15) is 52.0 Å². The van der Waals surface area contributed by atoms with Gasteiger partial charge in [-0.1, -0.05) is 66.7 Å². The van der Waals surface area contributed by atoms with Crippen LogP contribution in [0.2, 0.25) is 0 Å². The number of halogens is 1. The lowest BCUT2D eigenvalue weighted by atomic mass is 9.58. The third-order valence-corrected chi connectivity index (χ3v) is 10.9. The quantitative estimate of drug-likeness (QED) is 0.181. The standard InChI is InChI=1S/C42H30FN5O3/c43-31-18-12-26(13-19-31)35-21-36-44-22-28-20-34(25-6-2-1-3-7-25)37(45-38(28)48(36)46-35)27-10-14-29(15-11-27)41(23-42(51,24-41)30-16-17-30)47-39(49)32-8-4-5-9-33(32)40(47)50/h1-15,18-22,30,51H,16-17,23-24H2. The number of aromatic nitrogens is 4. The van der Waals surface area contributed by atoms with Gasteiger partial charge in [0.2, 0.25) is 0 Å². The SMILES string of the molecule is O=C1c2ccccc2C(=O)N1C1(c2ccc(-c3nc4c(cnc5cc(-c6ccc(F)cc6)nn54)cc3-c3ccccc3)cc2)CC(O)(C2CC2)C1. The van der Waals surface area contributed by atoms with Crippen LogP contribution in [0.15, 0.2) is 121 Å². The number of aliphatic hydroxyl groups is 1. The lowest BCUT2D eigenvalue weighted by Gasteiger charge is -2.57. The Kier molecular flexibility index (Phi) is 6.27. The van der Waals surface area contributed by atoms with Gasteiger partial charge in [-0.25, -0.2) is 14.4 Å². The number of hydrogen-bond acceptors (Lipinski definition) is 6. The van der Waals surface area contributed by atoms with E-state index in [1.54, 1.807) is 47.1 Å². The van der Waals surface area contributed by atoms with Crippen molar-refractivity contribution in [3.8, 4) is 33.6 Å². The van der Waals surface area contributed by atoms with Crippen molar-refractivity contribution >= 4 is 28.5 Å². The van der Waals surface area contributed by atoms with Gasteiger partial charge in [0.1, 0.15) is 5.82 Å². The topological polar surface area (TPSA) is 101 Å². The van der Waals surface area contributed by atoms with Gasteiger partial charge < -0.3 is 5.11 Å². The first-order valence-electron chi connectivity index (χ1n) is 17.1. The maximum Gasteiger partial charge on any atom is 0.262 e. The zero-order valence-corrected chi connectivity index (χ0v) is 27.3. The molecule has 2 saturated carbocycles. The molecule has 7 aromatic rings. The van der Waals surface area contributed by atoms with Crippen molar-refractivity contribution in [3.63, 3.8) is 0 Å². The Bertz CT molecular complexity index is 2520. The van der Waals surface area contributed by atoms with Gasteiger partial charge in [-0.3, -0.25) is 14.5 Å². The minimum atomic E-state index is -0.966. The molecule has 1 N–H and O–H groups in total. The minimum Gasteiger partial charge on any atom is -0.389 e. The van der Waals surface area contributed by atoms with E-state index in [2.05, 4.69) is 11.1 Å². The molecular formula is C42H30FN5O3. The number of benzene rings is 4. The Morgan fingerprint density at radius 3 is 2.04 bits per heavy atom. The summed E-state index contributed by atoms with van der Waals surface area (Å²) >= 11 is 0. The molecule has 1 aliphatic heterocycles. The normalized spacial score (nSPS) is 21.3. The minimum absolute atomic E-state index is 0.188. The first-order valence-corrected chi connectivity index (χ1v) is 17.1. The van der Waals surface area contributed by atoms with Crippen LogP contribution in [0.4, 0.5) is 4.39 Å². The number of fused-ring (bicyclic) bond motifs is 4. The fourth-order valence-electron chi connectivity index (χ4n) is 8.24. The van der Waals surface area contributed by atoms with Gasteiger partial charge in [-0.15, -0.1) is 0 Å². The molecule has 2 fully saturated rings. The summed E-state index contributed by atoms with van der Waals surface area (Å²) in [6.07, 6.45) is 4.30. The average molecular weight is 672 g/mol. The van der Waals surface area contributed by atoms with E-state index in [9.17, 15) is 19.1 Å². The molecule has 0 unspecified atom stereocenters. The largest absolute Gasteiger partial charge is 0.389 e. The van der Waals surface area contributed by atoms with E-state index in [-0.39, 0.29) is 23.5 Å². The van der Waals surface area contributed by atoms with E-state index in [0.29, 0.717) is 41.0 Å². The highest BCUT2D eigenvalue weighted by Crippen LogP contribution is 2.61. The molecule has 0 atom stereocenters. The molecule has 3 aliphatic rings. The van der Waals surface area contributed by atoms with Crippen LogP contribution in [0.25, 0.3) is 50.3 Å². The summed E-state index contributed by atoms with van der Waals surface area (Å²) in [6.45, 7) is 0. The molecule has 4 aromatic carbocycles. The molecule has 2 aliphatic carbocycles. The summed E-state index contributed by atoms with van der Waals surface area (Å²) < 4.78 is 15.4. The Balaban J connectivity index is 1.10. The highest BCUT2D eigenvalue weighted by Gasteiger charge is 2.66. The maximum absolute atomic E-state index is 13.8. The van der Waals surface area contributed by atoms with Crippen molar-refractivity contribution in [1.29, 1.82) is 0 Å². The molecule has 0 spiro atoms. The van der Waals surface area contributed by atoms with Gasteiger partial charge in [0.25, 0.3) is 11.8 Å². The molecule has 0 radical (unpaired) electrons. The van der Waals surface area contributed by atoms with E-state index < -0.39 is 11.1 Å². The molecule has 9 heteroatoms. The number of imide groups is 1. The van der Waals surface area contributed by atoms with Gasteiger partial charge in [0, 0.05) is 47.2 Å². The zero-order chi connectivity index (χ0) is 34.5. The molecule has 8 nitrogen and oxygen atoms in total. The van der Waals surface area contributed by atoms with E-state index in [1.807, 2.05) is 60.7 Å². The maximum atomic E-state index is 13.8. The fraction of sp³-hybridized carbons (Fsp3) is 0.167. The predicted octanol–water partition coefficient (Wildman–Crippen LogP) is 7.84. The number of pyridine rings is 1. The van der Waals surface area contributed by atoms with Crippen LogP contribution in [-0.2, 0) is 5.54 Å². The van der Waals surface area contributed by atoms with Gasteiger partial charge in [0.15, 0.2) is 11.3 Å². The monoisotopic (exact) mass is 671 g/mol. The second-order valence-electron chi connectivity index (χ2n) is 14.1. The second kappa shape index (κ2) is 10.7. The Morgan fingerprint density at radius 1 is 0.725 bits per heavy atom. The number of carbonyl (C=O) groups excluding carboxylic acids is 2. The van der Waals surface area contributed by atoms with Crippen LogP contribution in [0.3, 0.4) is 0 Å². The third-order valence-electron chi connectivity index (χ3n) is 10.9. The first-order chi connectivity index (χ1) is 24.8. The van der Waals surface area contributed by atoms with E-state index in [4.69, 9.17) is 10.1 Å². The zero-order valence-electron chi connectivity index (χ0n) is 27.3. The molecule has 51 heavy (non-hydrogen) atoms. The fourth-order valence-corrected chi connectivity index (χ4v) is 8.24. The summed E-state index contributed by atoms with van der Waals surface area (Å²) in [5.41, 5.74) is 5.82. The summed E-state index contributed by atoms with van der Waals surface area (Å²) in [4.78, 5) is 38.9. The number of carbonyl (C=O) groups is 2. The van der Waals surface area contributed by atoms with Gasteiger partial charge in [-0.2, -0.15) is 9.61 Å². The summed E-state index contributed by atoms with van der Waals surface area (Å²) in [6, 6.07) is 35.0. The van der Waals surface area contributed by atoms with Crippen molar-refractivity contribution in [2.75, 3.05) is 0 Å². The molecule has 4 heterocycles. The highest BCUT2D eigenvalue weighted by molar-refractivity contribution is 6.22. The number of hydrogen-bond donors (Lipinski definition) is 1. The van der Waals surface area contributed by atoms with Crippen LogP contribution < -0.4 is 0 Å². The Labute approximate surface area is 291 Å². The van der Waals surface area contributed by atoms with Crippen LogP contribution in [0.5, 0.6) is 0 Å². The van der Waals surface area contributed by atoms with Gasteiger partial charge in [0.05, 0.1) is 33.7 Å². The van der Waals surface area contributed by atoms with Crippen molar-refractivity contribution < 1.29 is 19.1 Å². The number of nitrogens with zero attached hydrogens (tertiary/aromatic N) is 5. The van der Waals surface area contributed by atoms with Crippen molar-refractivity contribution in [3.05, 3.63) is 144 Å². The Morgan fingerprint density at radius 2 is 1.37 bits per heavy atom. The summed E-state index contributed by atoms with van der Waals surface area (Å²) in [5, 5.41) is 17.2. The molecule has 2 amide bonds. The third kappa shape index (κ3) is 4.51. The number of amides is 2. The highest BCUT2D eigenvalue weighted by atomic mass is 19.1. The molecular weight excluding hydrogens is 641 g/mol. The summed E-state index contributed by atoms with van der Waals surface area (Å²) in [5.74, 6) is -0.774. The predicted molar refractivity (Wildman–Crippen MR) is 190 cm³/mol. The van der Waals surface area contributed by atoms with Gasteiger partial charge in [-0.05, 0) is 72.4 Å². The second-order valence-corrected chi connectivity index (χ2v) is 14.1. The lowest BCUT2D eigenvalue weighted by Crippen LogP contribution is -2.65. The molecule has 10 rings (SSSR count). The lowest BCUT2D eigenvalue weighted by molar-refractivity contribution is -0.143. The smallest absolute Gasteiger partial charge is 0.262 e. The van der Waals surface area contributed by atoms with Crippen LogP contribution >= 0.6 is 0 Å². The van der Waals surface area contributed by atoms with E-state index >= 15 is 0 Å². The molecule has 3 aromatic heterocycles. The van der Waals surface area contributed by atoms with Crippen molar-refractivity contribution in [1.82, 2.24) is 24.5 Å². The molecule has 0 saturated heterocycles. The first kappa shape index (κ1) is 29.8. The van der Waals surface area contributed by atoms with Crippen LogP contribution in [-0.4, -0.2) is 47.0 Å². The van der Waals surface area contributed by atoms with Crippen molar-refractivity contribution in [2.24, 2.45) is 5.92 Å². The van der Waals surface area contributed by atoms with E-state index in [1.165, 1.54) is 17.0 Å². The van der Waals surface area contributed by atoms with Crippen LogP contribution in [0, 0.1) is 11.7 Å². The van der Waals surface area contributed by atoms with Crippen molar-refractivity contribution in [2.45, 2.75) is 36.8 Å². The summed E-state index contributed by atoms with van der Waals surface area (Å²) in [7, 11) is 0. The Hall–Kier alpha value is -6.06. The number of rotatable bonds is 6. The van der Waals surface area contributed by atoms with Gasteiger partial charge >= 0.3 is 0 Å². The average Bonchev–Trinajstić information content (AvgIpc) is 3.87. The molecule has 0 bridgehead atoms. The van der Waals surface area contributed by atoms with E-state index in [0.717, 1.165) is 51.7 Å². The molecule has 248 valence electrons.